The molecule has 0 aromatic heterocycles. The molecule has 0 bridgehead atoms. The summed E-state index contributed by atoms with van der Waals surface area (Å²) in [5, 5.41) is 2.41. The van der Waals surface area contributed by atoms with Crippen LogP contribution in [-0.2, 0) is 0 Å². The van der Waals surface area contributed by atoms with Gasteiger partial charge in [-0.15, -0.1) is 12.6 Å². The van der Waals surface area contributed by atoms with Gasteiger partial charge in [0.05, 0.1) is 6.07 Å². The molecular formula is C29H31N2OS+. The van der Waals surface area contributed by atoms with Crippen LogP contribution in [0.3, 0.4) is 0 Å². The van der Waals surface area contributed by atoms with Gasteiger partial charge < -0.3 is 9.32 Å². The molecule has 3 aliphatic heterocycles. The van der Waals surface area contributed by atoms with E-state index < -0.39 is 0 Å². The third-order valence-corrected chi connectivity index (χ3v) is 7.69. The molecule has 0 radical (unpaired) electrons. The van der Waals surface area contributed by atoms with Crippen LogP contribution in [0.25, 0.3) is 33.4 Å². The van der Waals surface area contributed by atoms with Gasteiger partial charge in [-0.05, 0) is 55.5 Å². The van der Waals surface area contributed by atoms with Gasteiger partial charge in [0.15, 0.2) is 0 Å². The number of thiol groups is 1. The van der Waals surface area contributed by atoms with Crippen LogP contribution in [-0.4, -0.2) is 26.2 Å². The number of rotatable bonds is 2. The maximum Gasteiger partial charge on any atom is 0.203 e. The third kappa shape index (κ3) is 3.95. The molecule has 4 heteroatoms. The van der Waals surface area contributed by atoms with Gasteiger partial charge in [-0.25, -0.2) is 4.58 Å². The molecule has 0 saturated carbocycles. The summed E-state index contributed by atoms with van der Waals surface area (Å²) in [6, 6.07) is 21.9. The second-order valence-electron chi connectivity index (χ2n) is 9.45. The van der Waals surface area contributed by atoms with E-state index >= 15 is 0 Å². The first-order valence-electron chi connectivity index (χ1n) is 12.4. The molecule has 0 spiro atoms. The van der Waals surface area contributed by atoms with Crippen LogP contribution >= 0.6 is 12.6 Å². The first kappa shape index (κ1) is 20.9. The molecule has 0 atom stereocenters. The van der Waals surface area contributed by atoms with Crippen LogP contribution in [0.2, 0.25) is 0 Å². The average Bonchev–Trinajstić information content (AvgIpc) is 2.88. The Bertz CT molecular complexity index is 1340. The summed E-state index contributed by atoms with van der Waals surface area (Å²) < 4.78 is 9.13. The van der Waals surface area contributed by atoms with Crippen molar-refractivity contribution in [3.8, 4) is 22.5 Å². The number of piperidine rings is 2. The predicted molar refractivity (Wildman–Crippen MR) is 140 cm³/mol. The molecule has 3 heterocycles. The summed E-state index contributed by atoms with van der Waals surface area (Å²) in [6.45, 7) is 4.52. The maximum absolute atomic E-state index is 6.63. The van der Waals surface area contributed by atoms with E-state index in [9.17, 15) is 0 Å². The molecule has 33 heavy (non-hydrogen) atoms. The number of hydrogen-bond donors (Lipinski definition) is 1. The monoisotopic (exact) mass is 455 g/mol. The number of hydrogen-bond acceptors (Lipinski definition) is 3. The van der Waals surface area contributed by atoms with Gasteiger partial charge in [0.25, 0.3) is 0 Å². The molecule has 0 amide bonds. The predicted octanol–water partition coefficient (Wildman–Crippen LogP) is 6.44. The largest absolute Gasteiger partial charge is 0.456 e. The molecule has 2 fully saturated rings. The second kappa shape index (κ2) is 8.90. The lowest BCUT2D eigenvalue weighted by atomic mass is 9.93. The lowest BCUT2D eigenvalue weighted by molar-refractivity contribution is 0.451. The lowest BCUT2D eigenvalue weighted by Crippen LogP contribution is -2.34. The van der Waals surface area contributed by atoms with Crippen molar-refractivity contribution in [3.63, 3.8) is 0 Å². The SMILES string of the molecule is Sc1ccccc1-c1c2ccc(=[N+]3CCCCC3)cc-2oc2cc(N3CCCCC3)ccc12. The number of benzene rings is 3. The minimum Gasteiger partial charge on any atom is -0.456 e. The Morgan fingerprint density at radius 2 is 1.55 bits per heavy atom. The molecular weight excluding hydrogens is 424 g/mol. The number of fused-ring (bicyclic) bond motifs is 2. The molecule has 0 unspecified atom stereocenters. The van der Waals surface area contributed by atoms with Crippen LogP contribution < -0.4 is 14.8 Å². The molecule has 0 N–H and O–H groups in total. The second-order valence-corrected chi connectivity index (χ2v) is 9.93. The van der Waals surface area contributed by atoms with Crippen LogP contribution in [0.1, 0.15) is 38.5 Å². The van der Waals surface area contributed by atoms with Crippen molar-refractivity contribution in [2.75, 3.05) is 31.1 Å². The lowest BCUT2D eigenvalue weighted by Gasteiger charge is -2.29. The molecule has 168 valence electrons. The van der Waals surface area contributed by atoms with Gasteiger partial charge >= 0.3 is 0 Å². The Hall–Kier alpha value is -2.72. The topological polar surface area (TPSA) is 19.4 Å². The van der Waals surface area contributed by atoms with E-state index in [0.29, 0.717) is 0 Å². The Morgan fingerprint density at radius 1 is 0.758 bits per heavy atom. The highest BCUT2D eigenvalue weighted by Crippen LogP contribution is 2.42. The fourth-order valence-electron chi connectivity index (χ4n) is 5.54. The van der Waals surface area contributed by atoms with E-state index in [1.165, 1.54) is 55.1 Å². The quantitative estimate of drug-likeness (QED) is 0.213. The van der Waals surface area contributed by atoms with E-state index in [4.69, 9.17) is 17.0 Å². The van der Waals surface area contributed by atoms with Crippen molar-refractivity contribution >= 4 is 29.3 Å². The Labute approximate surface area is 201 Å². The highest BCUT2D eigenvalue weighted by Gasteiger charge is 2.21. The fraction of sp³-hybridized carbons (Fsp3) is 0.345. The normalized spacial score (nSPS) is 17.1. The van der Waals surface area contributed by atoms with Crippen molar-refractivity contribution in [1.29, 1.82) is 0 Å². The van der Waals surface area contributed by atoms with Gasteiger partial charge in [-0.1, -0.05) is 18.2 Å². The van der Waals surface area contributed by atoms with Crippen molar-refractivity contribution in [2.45, 2.75) is 43.4 Å². The fourth-order valence-corrected chi connectivity index (χ4v) is 5.81. The zero-order chi connectivity index (χ0) is 22.2. The zero-order valence-corrected chi connectivity index (χ0v) is 20.0. The number of nitrogens with zero attached hydrogens (tertiary/aromatic N) is 2. The highest BCUT2D eigenvalue weighted by molar-refractivity contribution is 7.80. The van der Waals surface area contributed by atoms with Crippen molar-refractivity contribution < 1.29 is 4.42 Å². The first-order chi connectivity index (χ1) is 16.3. The van der Waals surface area contributed by atoms with E-state index in [-0.39, 0.29) is 0 Å². The van der Waals surface area contributed by atoms with Crippen LogP contribution in [0.15, 0.2) is 70.0 Å². The molecule has 4 aliphatic rings. The Kier molecular flexibility index (Phi) is 5.63. The third-order valence-electron chi connectivity index (χ3n) is 7.30. The van der Waals surface area contributed by atoms with E-state index in [1.807, 2.05) is 6.07 Å². The maximum atomic E-state index is 6.63. The minimum absolute atomic E-state index is 0.952. The molecule has 2 aromatic rings. The van der Waals surface area contributed by atoms with Gasteiger partial charge in [-0.2, -0.15) is 0 Å². The summed E-state index contributed by atoms with van der Waals surface area (Å²) in [6.07, 6.45) is 7.74. The first-order valence-corrected chi connectivity index (χ1v) is 12.8. The van der Waals surface area contributed by atoms with Crippen LogP contribution in [0, 0.1) is 0 Å². The molecule has 2 saturated heterocycles. The summed E-state index contributed by atoms with van der Waals surface area (Å²) in [5.41, 5.74) is 5.74. The summed E-state index contributed by atoms with van der Waals surface area (Å²) in [4.78, 5) is 3.49. The number of anilines is 1. The molecule has 1 aliphatic carbocycles. The summed E-state index contributed by atoms with van der Waals surface area (Å²) in [7, 11) is 0. The summed E-state index contributed by atoms with van der Waals surface area (Å²) in [5.74, 6) is 0.952. The van der Waals surface area contributed by atoms with Crippen LogP contribution in [0.5, 0.6) is 0 Å². The molecule has 3 nitrogen and oxygen atoms in total. The Morgan fingerprint density at radius 3 is 2.36 bits per heavy atom. The van der Waals surface area contributed by atoms with Crippen molar-refractivity contribution in [1.82, 2.24) is 4.58 Å². The standard InChI is InChI=1S/C29H30N2OS/c33-28-10-4-3-9-25(28)29-23-13-11-21(30-15-5-1-6-16-30)19-26(23)32-27-20-22(12-14-24(27)29)31-17-7-2-8-18-31/h3-4,9-14,19-20H,1-2,5-8,15-18H2/p+1. The molecule has 6 rings (SSSR count). The van der Waals surface area contributed by atoms with Gasteiger partial charge in [-0.3, -0.25) is 0 Å². The average molecular weight is 456 g/mol. The van der Waals surface area contributed by atoms with Crippen molar-refractivity contribution in [2.24, 2.45) is 0 Å². The van der Waals surface area contributed by atoms with E-state index in [1.54, 1.807) is 0 Å². The van der Waals surface area contributed by atoms with Gasteiger partial charge in [0.1, 0.15) is 24.4 Å². The van der Waals surface area contributed by atoms with E-state index in [2.05, 4.69) is 64.1 Å². The van der Waals surface area contributed by atoms with Crippen LogP contribution in [0.4, 0.5) is 5.69 Å². The van der Waals surface area contributed by atoms with Gasteiger partial charge in [0.2, 0.25) is 5.36 Å². The zero-order valence-electron chi connectivity index (χ0n) is 19.1. The summed E-state index contributed by atoms with van der Waals surface area (Å²) >= 11 is 4.82. The van der Waals surface area contributed by atoms with Gasteiger partial charge in [0, 0.05) is 65.2 Å². The molecule has 2 aromatic carbocycles. The smallest absolute Gasteiger partial charge is 0.203 e. The van der Waals surface area contributed by atoms with E-state index in [0.717, 1.165) is 58.9 Å². The Balaban J connectivity index is 1.61. The minimum atomic E-state index is 0.952. The van der Waals surface area contributed by atoms with Crippen molar-refractivity contribution in [3.05, 3.63) is 66.0 Å². The highest BCUT2D eigenvalue weighted by atomic mass is 32.1.